The molecule has 0 saturated carbocycles. The molecule has 360 valence electrons. The predicted molar refractivity (Wildman–Crippen MR) is 236 cm³/mol. The molecule has 0 aliphatic carbocycles. The van der Waals surface area contributed by atoms with Crippen LogP contribution in [0, 0.1) is 17.0 Å². The van der Waals surface area contributed by atoms with Crippen molar-refractivity contribution >= 4 is 47.4 Å². The van der Waals surface area contributed by atoms with E-state index in [0.717, 1.165) is 23.8 Å². The quantitative estimate of drug-likeness (QED) is 0.0601. The van der Waals surface area contributed by atoms with Crippen molar-refractivity contribution in [3.05, 3.63) is 83.7 Å². The molecule has 1 heterocycles. The fourth-order valence-electron chi connectivity index (χ4n) is 7.06. The van der Waals surface area contributed by atoms with Gasteiger partial charge in [-0.2, -0.15) is 0 Å². The van der Waals surface area contributed by atoms with Crippen molar-refractivity contribution in [2.45, 2.75) is 96.6 Å². The molecule has 66 heavy (non-hydrogen) atoms. The number of aliphatic hydroxyl groups is 1. The minimum atomic E-state index is -1.57. The summed E-state index contributed by atoms with van der Waals surface area (Å²) in [4.78, 5) is 105. The Bertz CT molecular complexity index is 2210. The van der Waals surface area contributed by atoms with Gasteiger partial charge in [-0.1, -0.05) is 51.1 Å². The van der Waals surface area contributed by atoms with Crippen molar-refractivity contribution in [2.75, 3.05) is 33.8 Å². The number of hydrogen-bond acceptors (Lipinski definition) is 10. The molecule has 3 rings (SSSR count). The second kappa shape index (κ2) is 24.5. The Kier molecular flexibility index (Phi) is 19.9. The Labute approximate surface area is 381 Å². The zero-order chi connectivity index (χ0) is 49.5. The molecule has 0 aliphatic heterocycles. The van der Waals surface area contributed by atoms with Crippen molar-refractivity contribution in [2.24, 2.45) is 11.1 Å². The van der Waals surface area contributed by atoms with Crippen LogP contribution >= 0.6 is 0 Å². The number of aromatic nitrogens is 1. The number of aliphatic hydroxyl groups excluding tert-OH is 1. The van der Waals surface area contributed by atoms with Crippen LogP contribution in [-0.2, 0) is 44.9 Å². The first-order valence-electron chi connectivity index (χ1n) is 21.1. The normalized spacial score (nSPS) is 13.7. The first-order chi connectivity index (χ1) is 30.9. The van der Waals surface area contributed by atoms with E-state index < -0.39 is 133 Å². The van der Waals surface area contributed by atoms with E-state index in [0.29, 0.717) is 5.69 Å². The SMILES string of the molecule is C[C@@H](C(=O)N[C@@H](CC(N)=O)C(=O)N[C@@H](CCN(C(=O)CO)[C@@H](c1cc(-c2cc(F)ccc2F)cn1Cc1ccccc1)C(C)(C)C)C(=O)NCCC(=O)N[C@H](CCC(=O)O)C(=O)O)N(C)C. The van der Waals surface area contributed by atoms with Crippen LogP contribution in [0.2, 0.25) is 0 Å². The summed E-state index contributed by atoms with van der Waals surface area (Å²) in [6.07, 6.45) is -0.882. The first-order valence-corrected chi connectivity index (χ1v) is 21.1. The molecule has 0 saturated heterocycles. The Morgan fingerprint density at radius 3 is 2.05 bits per heavy atom. The second-order valence-corrected chi connectivity index (χ2v) is 17.1. The van der Waals surface area contributed by atoms with Crippen LogP contribution in [0.25, 0.3) is 11.1 Å². The molecule has 2 aromatic carbocycles. The van der Waals surface area contributed by atoms with E-state index in [2.05, 4.69) is 21.3 Å². The van der Waals surface area contributed by atoms with Gasteiger partial charge in [-0.25, -0.2) is 13.6 Å². The van der Waals surface area contributed by atoms with Crippen LogP contribution in [0.15, 0.2) is 60.8 Å². The van der Waals surface area contributed by atoms with Crippen molar-refractivity contribution in [3.8, 4) is 11.1 Å². The standard InChI is InChI=1S/C45H60F2N8O11/c1-26(53(5)6)41(62)52-34(22-36(48)57)43(64)51-32(42(63)49-18-16-37(58)50-33(44(65)66)14-15-39(60)61)17-19-55(38(59)25-56)40(45(2,3)4)35-20-28(30-21-29(46)12-13-31(30)47)24-54(35)23-27-10-8-7-9-11-27/h7-13,20-21,24,26,32-34,40,56H,14-19,22-23,25H2,1-6H3,(H2,48,57)(H,49,63)(H,50,58)(H,51,64)(H,52,62)(H,60,61)(H,65,66)/t26-,32-,33+,34-,40-/m0/s1. The fraction of sp³-hybridized carbons (Fsp3) is 0.467. The van der Waals surface area contributed by atoms with E-state index in [1.807, 2.05) is 30.3 Å². The lowest BCUT2D eigenvalue weighted by molar-refractivity contribution is -0.143. The Hall–Kier alpha value is -6.74. The summed E-state index contributed by atoms with van der Waals surface area (Å²) in [6.45, 7) is 5.39. The molecule has 9 N–H and O–H groups in total. The first kappa shape index (κ1) is 53.6. The number of primary amides is 1. The lowest BCUT2D eigenvalue weighted by Crippen LogP contribution is -2.57. The molecule has 0 fully saturated rings. The lowest BCUT2D eigenvalue weighted by atomic mass is 9.82. The van der Waals surface area contributed by atoms with E-state index in [1.165, 1.54) is 16.7 Å². The predicted octanol–water partition coefficient (Wildman–Crippen LogP) is 1.52. The monoisotopic (exact) mass is 926 g/mol. The second-order valence-electron chi connectivity index (χ2n) is 17.1. The van der Waals surface area contributed by atoms with Crippen LogP contribution in [-0.4, -0.2) is 135 Å². The fourth-order valence-corrected chi connectivity index (χ4v) is 7.06. The topological polar surface area (TPSA) is 283 Å². The molecule has 0 aliphatic rings. The number of carbonyl (C=O) groups excluding carboxylic acids is 6. The highest BCUT2D eigenvalue weighted by Gasteiger charge is 2.38. The zero-order valence-electron chi connectivity index (χ0n) is 37.8. The molecule has 0 bridgehead atoms. The van der Waals surface area contributed by atoms with Crippen molar-refractivity contribution < 1.29 is 62.5 Å². The summed E-state index contributed by atoms with van der Waals surface area (Å²) in [5.74, 6) is -9.36. The number of nitrogens with zero attached hydrogens (tertiary/aromatic N) is 3. The van der Waals surface area contributed by atoms with E-state index >= 15 is 4.39 Å². The molecule has 5 atom stereocenters. The number of nitrogens with two attached hydrogens (primary N) is 1. The van der Waals surface area contributed by atoms with E-state index in [9.17, 15) is 53.0 Å². The zero-order valence-corrected chi connectivity index (χ0v) is 37.8. The third-order valence-corrected chi connectivity index (χ3v) is 10.6. The highest BCUT2D eigenvalue weighted by Crippen LogP contribution is 2.41. The molecule has 6 amide bonds. The third kappa shape index (κ3) is 16.1. The number of hydrogen-bond donors (Lipinski definition) is 8. The molecular weight excluding hydrogens is 867 g/mol. The summed E-state index contributed by atoms with van der Waals surface area (Å²) >= 11 is 0. The van der Waals surface area contributed by atoms with Crippen LogP contribution in [0.1, 0.15) is 77.1 Å². The number of benzene rings is 2. The van der Waals surface area contributed by atoms with Gasteiger partial charge in [0.25, 0.3) is 0 Å². The molecule has 1 aromatic heterocycles. The minimum Gasteiger partial charge on any atom is -0.481 e. The number of amides is 6. The van der Waals surface area contributed by atoms with Gasteiger partial charge in [-0.05, 0) is 69.1 Å². The number of nitrogens with one attached hydrogen (secondary N) is 4. The van der Waals surface area contributed by atoms with Gasteiger partial charge >= 0.3 is 11.9 Å². The Morgan fingerprint density at radius 2 is 1.47 bits per heavy atom. The summed E-state index contributed by atoms with van der Waals surface area (Å²) in [5.41, 5.74) is 6.03. The Morgan fingerprint density at radius 1 is 0.818 bits per heavy atom. The van der Waals surface area contributed by atoms with Crippen LogP contribution in [0.5, 0.6) is 0 Å². The van der Waals surface area contributed by atoms with E-state index in [1.54, 1.807) is 51.7 Å². The average molecular weight is 927 g/mol. The Balaban J connectivity index is 2.07. The lowest BCUT2D eigenvalue weighted by Gasteiger charge is -2.41. The van der Waals surface area contributed by atoms with Crippen LogP contribution in [0.4, 0.5) is 8.78 Å². The average Bonchev–Trinajstić information content (AvgIpc) is 3.64. The van der Waals surface area contributed by atoms with Gasteiger partial charge < -0.3 is 51.8 Å². The van der Waals surface area contributed by atoms with E-state index in [-0.39, 0.29) is 30.6 Å². The summed E-state index contributed by atoms with van der Waals surface area (Å²) in [7, 11) is 3.21. The summed E-state index contributed by atoms with van der Waals surface area (Å²) in [5, 5.41) is 38.4. The van der Waals surface area contributed by atoms with E-state index in [4.69, 9.17) is 10.8 Å². The van der Waals surface area contributed by atoms with Crippen LogP contribution < -0.4 is 27.0 Å². The molecule has 21 heteroatoms. The van der Waals surface area contributed by atoms with Gasteiger partial charge in [-0.3, -0.25) is 38.5 Å². The van der Waals surface area contributed by atoms with Gasteiger partial charge in [-0.15, -0.1) is 0 Å². The van der Waals surface area contributed by atoms with Gasteiger partial charge in [0.2, 0.25) is 35.4 Å². The van der Waals surface area contributed by atoms with Crippen molar-refractivity contribution in [3.63, 3.8) is 0 Å². The number of carboxylic acids is 2. The highest BCUT2D eigenvalue weighted by atomic mass is 19.1. The summed E-state index contributed by atoms with van der Waals surface area (Å²) in [6, 6.07) is 7.38. The number of carboxylic acid groups (broad SMARTS) is 2. The maximum atomic E-state index is 15.3. The van der Waals surface area contributed by atoms with Gasteiger partial charge in [0.05, 0.1) is 18.5 Å². The maximum absolute atomic E-state index is 15.3. The third-order valence-electron chi connectivity index (χ3n) is 10.6. The molecule has 0 radical (unpaired) electrons. The van der Waals surface area contributed by atoms with Gasteiger partial charge in [0.1, 0.15) is 36.4 Å². The molecular formula is C45H60F2N8O11. The van der Waals surface area contributed by atoms with Crippen LogP contribution in [0.3, 0.4) is 0 Å². The van der Waals surface area contributed by atoms with Crippen molar-refractivity contribution in [1.82, 2.24) is 35.6 Å². The number of likely N-dealkylation sites (N-methyl/N-ethyl adjacent to an activating group) is 1. The molecule has 19 nitrogen and oxygen atoms in total. The molecule has 3 aromatic rings. The highest BCUT2D eigenvalue weighted by molar-refractivity contribution is 5.95. The minimum absolute atomic E-state index is 0.0554. The largest absolute Gasteiger partial charge is 0.481 e. The molecule has 0 unspecified atom stereocenters. The smallest absolute Gasteiger partial charge is 0.326 e. The number of rotatable bonds is 25. The van der Waals surface area contributed by atoms with Gasteiger partial charge in [0.15, 0.2) is 0 Å². The van der Waals surface area contributed by atoms with Crippen molar-refractivity contribution in [1.29, 1.82) is 0 Å². The van der Waals surface area contributed by atoms with Gasteiger partial charge in [0, 0.05) is 55.5 Å². The number of aliphatic carboxylic acids is 2. The number of halogens is 2. The molecule has 0 spiro atoms. The number of carbonyl (C=O) groups is 8. The summed E-state index contributed by atoms with van der Waals surface area (Å²) < 4.78 is 31.6. The maximum Gasteiger partial charge on any atom is 0.326 e.